The van der Waals surface area contributed by atoms with Crippen LogP contribution in [-0.2, 0) is 6.42 Å². The molecule has 10 aromatic carbocycles. The van der Waals surface area contributed by atoms with Gasteiger partial charge in [-0.3, -0.25) is 4.57 Å². The Hall–Kier alpha value is -9.78. The molecule has 0 saturated heterocycles. The van der Waals surface area contributed by atoms with Gasteiger partial charge in [-0.2, -0.15) is 9.97 Å². The van der Waals surface area contributed by atoms with Crippen molar-refractivity contribution >= 4 is 118 Å². The molecule has 0 amide bonds. The molecule has 7 heterocycles. The number of thiophene rings is 4. The van der Waals surface area contributed by atoms with Crippen LogP contribution in [-0.4, -0.2) is 29.5 Å². The van der Waals surface area contributed by atoms with Crippen molar-refractivity contribution < 1.29 is 0 Å². The zero-order chi connectivity index (χ0) is 57.8. The van der Waals surface area contributed by atoms with Crippen LogP contribution >= 0.6 is 56.9 Å². The summed E-state index contributed by atoms with van der Waals surface area (Å²) in [7, 11) is 0. The molecule has 0 spiro atoms. The number of rotatable bonds is 7. The minimum absolute atomic E-state index is 0. The van der Waals surface area contributed by atoms with E-state index in [1.165, 1.54) is 76.1 Å². The maximum Gasteiger partial charge on any atom is 0.226 e. The average Bonchev–Trinajstić information content (AvgIpc) is 1.57. The Morgan fingerprint density at radius 1 is 0.303 bits per heavy atom. The van der Waals surface area contributed by atoms with Crippen LogP contribution in [0.5, 0.6) is 0 Å². The fraction of sp³-hybridized carbons (Fsp3) is 0.0385. The first kappa shape index (κ1) is 57.0. The molecule has 17 aromatic rings. The zero-order valence-corrected chi connectivity index (χ0v) is 50.4. The predicted octanol–water partition coefficient (Wildman–Crippen LogP) is 23.5. The molecule has 428 valence electrons. The first-order valence-corrected chi connectivity index (χ1v) is 32.3. The van der Waals surface area contributed by atoms with Gasteiger partial charge in [-0.25, -0.2) is 15.0 Å². The number of fused-ring (bicyclic) bond motifs is 14. The molecule has 0 radical (unpaired) electrons. The molecule has 0 unspecified atom stereocenters. The molecule has 0 atom stereocenters. The van der Waals surface area contributed by atoms with Crippen molar-refractivity contribution in [3.05, 3.63) is 289 Å². The lowest BCUT2D eigenvalue weighted by Crippen LogP contribution is -2.02. The van der Waals surface area contributed by atoms with Crippen LogP contribution in [0, 0.1) is 0 Å². The topological polar surface area (TPSA) is 69.4 Å². The van der Waals surface area contributed by atoms with Gasteiger partial charge in [0.1, 0.15) is 5.82 Å². The second-order valence-corrected chi connectivity index (χ2v) is 25.7. The number of hydrogen-bond acceptors (Lipinski definition) is 9. The van der Waals surface area contributed by atoms with E-state index >= 15 is 0 Å². The maximum atomic E-state index is 6.14. The van der Waals surface area contributed by atoms with Gasteiger partial charge in [0.15, 0.2) is 17.5 Å². The number of benzene rings is 10. The molecule has 1 aliphatic carbocycles. The Bertz CT molecular complexity index is 5230. The molecule has 18 rings (SSSR count). The third-order valence-corrected chi connectivity index (χ3v) is 21.1. The van der Waals surface area contributed by atoms with Crippen molar-refractivity contribution in [1.82, 2.24) is 29.5 Å². The van der Waals surface area contributed by atoms with Gasteiger partial charge in [-0.05, 0) is 92.2 Å². The van der Waals surface area contributed by atoms with Gasteiger partial charge < -0.3 is 0 Å². The summed E-state index contributed by atoms with van der Waals surface area (Å²) in [6.07, 6.45) is 1.11. The Kier molecular flexibility index (Phi) is 15.6. The normalized spacial score (nSPS) is 11.4. The molecule has 0 aliphatic heterocycles. The molecule has 0 fully saturated rings. The van der Waals surface area contributed by atoms with Crippen LogP contribution in [0.4, 0.5) is 0 Å². The van der Waals surface area contributed by atoms with Crippen molar-refractivity contribution in [2.75, 3.05) is 0 Å². The lowest BCUT2D eigenvalue weighted by molar-refractivity contribution is 1.05. The lowest BCUT2D eigenvalue weighted by Gasteiger charge is -2.13. The van der Waals surface area contributed by atoms with Crippen LogP contribution < -0.4 is 0 Å². The van der Waals surface area contributed by atoms with Crippen molar-refractivity contribution in [1.29, 1.82) is 0 Å². The maximum absolute atomic E-state index is 6.14. The third-order valence-electron chi connectivity index (χ3n) is 15.9. The first-order chi connectivity index (χ1) is 43.0. The van der Waals surface area contributed by atoms with Crippen molar-refractivity contribution in [3.8, 4) is 83.2 Å². The molecule has 11 heteroatoms. The van der Waals surface area contributed by atoms with Crippen LogP contribution in [0.15, 0.2) is 273 Å². The zero-order valence-electron chi connectivity index (χ0n) is 46.4. The van der Waals surface area contributed by atoms with Crippen molar-refractivity contribution in [2.45, 2.75) is 21.3 Å². The Morgan fingerprint density at radius 3 is 1.15 bits per heavy atom. The van der Waals surface area contributed by atoms with Gasteiger partial charge in [0.2, 0.25) is 5.28 Å². The third kappa shape index (κ3) is 10.7. The molecular weight excluding hydrogens is 1180 g/mol. The summed E-state index contributed by atoms with van der Waals surface area (Å²) >= 11 is 13.8. The smallest absolute Gasteiger partial charge is 0.226 e. The summed E-state index contributed by atoms with van der Waals surface area (Å²) in [4.78, 5) is 26.6. The van der Waals surface area contributed by atoms with Gasteiger partial charge >= 0.3 is 0 Å². The Balaban J connectivity index is 0.000000127. The molecule has 89 heavy (non-hydrogen) atoms. The summed E-state index contributed by atoms with van der Waals surface area (Å²) in [6.45, 7) is 0. The summed E-state index contributed by atoms with van der Waals surface area (Å²) < 4.78 is 10.4. The number of hydrogen-bond donors (Lipinski definition) is 0. The van der Waals surface area contributed by atoms with Gasteiger partial charge in [-0.15, -0.1) is 45.3 Å². The Labute approximate surface area is 537 Å². The average molecular weight is 1240 g/mol. The molecular formula is C78H55ClN6S4. The molecule has 7 aromatic heterocycles. The highest BCUT2D eigenvalue weighted by atomic mass is 35.5. The van der Waals surface area contributed by atoms with Crippen LogP contribution in [0.1, 0.15) is 26.0 Å². The van der Waals surface area contributed by atoms with Gasteiger partial charge in [-0.1, -0.05) is 245 Å². The second kappa shape index (κ2) is 24.4. The first-order valence-electron chi connectivity index (χ1n) is 28.6. The van der Waals surface area contributed by atoms with E-state index < -0.39 is 0 Å². The molecule has 6 nitrogen and oxygen atoms in total. The predicted molar refractivity (Wildman–Crippen MR) is 384 cm³/mol. The summed E-state index contributed by atoms with van der Waals surface area (Å²) in [5.74, 6) is 2.73. The van der Waals surface area contributed by atoms with E-state index in [-0.39, 0.29) is 20.1 Å². The minimum Gasteiger partial charge on any atom is -0.291 e. The highest BCUT2D eigenvalue weighted by Gasteiger charge is 2.28. The largest absolute Gasteiger partial charge is 0.291 e. The van der Waals surface area contributed by atoms with Crippen molar-refractivity contribution in [2.24, 2.45) is 0 Å². The monoisotopic (exact) mass is 1240 g/mol. The van der Waals surface area contributed by atoms with E-state index in [9.17, 15) is 0 Å². The van der Waals surface area contributed by atoms with E-state index in [0.717, 1.165) is 56.9 Å². The van der Waals surface area contributed by atoms with E-state index in [1.54, 1.807) is 11.1 Å². The lowest BCUT2D eigenvalue weighted by atomic mass is 10.0. The van der Waals surface area contributed by atoms with Crippen LogP contribution in [0.25, 0.3) is 144 Å². The highest BCUT2D eigenvalue weighted by Crippen LogP contribution is 2.53. The number of aromatic nitrogens is 6. The van der Waals surface area contributed by atoms with E-state index in [0.29, 0.717) is 17.5 Å². The Morgan fingerprint density at radius 2 is 0.663 bits per heavy atom. The van der Waals surface area contributed by atoms with Crippen molar-refractivity contribution in [3.63, 3.8) is 0 Å². The van der Waals surface area contributed by atoms with E-state index in [4.69, 9.17) is 21.6 Å². The van der Waals surface area contributed by atoms with Gasteiger partial charge in [0.05, 0.1) is 26.1 Å². The molecule has 0 bridgehead atoms. The summed E-state index contributed by atoms with van der Waals surface area (Å²) in [6, 6.07) is 94.7. The summed E-state index contributed by atoms with van der Waals surface area (Å²) in [5.41, 5.74) is 14.9. The van der Waals surface area contributed by atoms with Crippen LogP contribution in [0.2, 0.25) is 5.28 Å². The SMILES string of the molecule is C.C.Clc1nc(-c2ccccc2)nc(-c2cccc(-c3ccccc3)c2)n1.c1ccc(-c2cccc(-c3cc(-n4c5c6ccccc6sc5c5sc6ccccc6c54)nc(-c4ccccc4)n3)c2)cc1.c1ccc2c3c(sc2c1)-c1sc2ccccc2c1C3. The highest BCUT2D eigenvalue weighted by molar-refractivity contribution is 7.33. The summed E-state index contributed by atoms with van der Waals surface area (Å²) in [5, 5.41) is 5.60. The fourth-order valence-electron chi connectivity index (χ4n) is 11.8. The molecule has 0 N–H and O–H groups in total. The quantitative estimate of drug-likeness (QED) is 0.159. The molecule has 0 saturated carbocycles. The number of nitrogens with zero attached hydrogens (tertiary/aromatic N) is 6. The second-order valence-electron chi connectivity index (χ2n) is 21.2. The number of halogens is 1. The standard InChI is InChI=1S/C38H23N3S2.C21H14ClN3.C17H10S2.2CH4/c1-3-12-24(13-4-1)26-16-11-17-27(22-26)30-23-33(40-38(39-30)25-14-5-2-6-15-25)41-34-28-18-7-9-20-31(28)42-36(34)37-35(41)29-19-8-10-21-32(29)43-37;22-21-24-19(16-10-5-2-6-11-16)23-20(25-21)18-13-7-12-17(14-18)15-8-3-1-4-9-15;1-3-7-14-10(5-1)12-9-13-11-6-2-4-8-15(11)19-17(13)16(12)18-14;;/h1-23H;1-14H;1-8H,9H2;2*1H4. The van der Waals surface area contributed by atoms with Gasteiger partial charge in [0, 0.05) is 74.1 Å². The minimum atomic E-state index is 0. The van der Waals surface area contributed by atoms with E-state index in [2.05, 4.69) is 214 Å². The van der Waals surface area contributed by atoms with E-state index in [1.807, 2.05) is 124 Å². The van der Waals surface area contributed by atoms with Crippen LogP contribution in [0.3, 0.4) is 0 Å². The fourth-order valence-corrected chi connectivity index (χ4v) is 17.1. The molecule has 1 aliphatic rings. The van der Waals surface area contributed by atoms with Gasteiger partial charge in [0.25, 0.3) is 0 Å².